The minimum atomic E-state index is -4.15. The molecule has 2 saturated heterocycles. The molecule has 5 nitrogen and oxygen atoms in total. The fourth-order valence-corrected chi connectivity index (χ4v) is 5.46. The summed E-state index contributed by atoms with van der Waals surface area (Å²) in [5.41, 5.74) is 3.77. The third-order valence-electron chi connectivity index (χ3n) is 7.33. The lowest BCUT2D eigenvalue weighted by atomic mass is 9.74. The van der Waals surface area contributed by atoms with Gasteiger partial charge in [-0.25, -0.2) is 0 Å². The van der Waals surface area contributed by atoms with Crippen LogP contribution in [0.5, 0.6) is 0 Å². The lowest BCUT2D eigenvalue weighted by Crippen LogP contribution is -2.67. The number of hydrogen-bond donors (Lipinski definition) is 1. The highest BCUT2D eigenvalue weighted by molar-refractivity contribution is 5.94. The van der Waals surface area contributed by atoms with Crippen molar-refractivity contribution in [1.29, 1.82) is 0 Å². The summed E-state index contributed by atoms with van der Waals surface area (Å²) in [7, 11) is 3.45. The molecule has 2 aromatic carbocycles. The predicted molar refractivity (Wildman–Crippen MR) is 130 cm³/mol. The van der Waals surface area contributed by atoms with Crippen LogP contribution in [-0.4, -0.2) is 90.9 Å². The van der Waals surface area contributed by atoms with E-state index in [0.29, 0.717) is 18.7 Å². The van der Waals surface area contributed by atoms with Crippen LogP contribution in [-0.2, 0) is 0 Å². The monoisotopic (exact) mass is 489 g/mol. The van der Waals surface area contributed by atoms with E-state index in [1.165, 1.54) is 0 Å². The lowest BCUT2D eigenvalue weighted by Gasteiger charge is -2.57. The van der Waals surface area contributed by atoms with Gasteiger partial charge in [0.15, 0.2) is 0 Å². The topological polar surface area (TPSA) is 47.0 Å². The van der Waals surface area contributed by atoms with Crippen molar-refractivity contribution in [2.24, 2.45) is 0 Å². The number of halogens is 3. The molecule has 190 valence electrons. The standard InChI is InChI=1S/C27H34F3N3O2/c1-31(2)26(35)22-11-7-20(8-12-22)19-5-9-21(10-6-19)25-23-17-32(16-13-27(28,29)30)14-3-4-15-33(23)24(25)18-34/h5-12,23-25,34H,3-4,13-18H2,1-2H3/t23-,24+,25+/m0/s1. The number of alkyl halides is 3. The number of aliphatic hydroxyl groups excluding tert-OH is 1. The van der Waals surface area contributed by atoms with Crippen LogP contribution < -0.4 is 0 Å². The Morgan fingerprint density at radius 1 is 1.00 bits per heavy atom. The van der Waals surface area contributed by atoms with Crippen LogP contribution in [0.1, 0.15) is 41.1 Å². The van der Waals surface area contributed by atoms with E-state index < -0.39 is 12.6 Å². The molecule has 2 fully saturated rings. The lowest BCUT2D eigenvalue weighted by molar-refractivity contribution is -0.140. The average molecular weight is 490 g/mol. The quantitative estimate of drug-likeness (QED) is 0.660. The summed E-state index contributed by atoms with van der Waals surface area (Å²) >= 11 is 0. The number of carbonyl (C=O) groups is 1. The highest BCUT2D eigenvalue weighted by atomic mass is 19.4. The number of nitrogens with zero attached hydrogens (tertiary/aromatic N) is 3. The molecular weight excluding hydrogens is 455 g/mol. The zero-order valence-corrected chi connectivity index (χ0v) is 20.3. The van der Waals surface area contributed by atoms with Gasteiger partial charge in [0.2, 0.25) is 0 Å². The summed E-state index contributed by atoms with van der Waals surface area (Å²) in [6, 6.07) is 15.8. The fourth-order valence-electron chi connectivity index (χ4n) is 5.46. The molecule has 0 bridgehead atoms. The Kier molecular flexibility index (Phi) is 7.83. The van der Waals surface area contributed by atoms with Gasteiger partial charge in [-0.3, -0.25) is 9.69 Å². The summed E-state index contributed by atoms with van der Waals surface area (Å²) in [5, 5.41) is 10.1. The van der Waals surface area contributed by atoms with Crippen molar-refractivity contribution in [2.45, 2.75) is 43.4 Å². The molecule has 0 unspecified atom stereocenters. The van der Waals surface area contributed by atoms with E-state index in [0.717, 1.165) is 36.1 Å². The molecule has 1 amide bonds. The Hall–Kier alpha value is -2.42. The molecule has 1 N–H and O–H groups in total. The van der Waals surface area contributed by atoms with Crippen LogP contribution in [0.4, 0.5) is 13.2 Å². The molecule has 2 aliphatic rings. The Balaban J connectivity index is 1.49. The largest absolute Gasteiger partial charge is 0.395 e. The highest BCUT2D eigenvalue weighted by Gasteiger charge is 2.49. The third-order valence-corrected chi connectivity index (χ3v) is 7.33. The first-order valence-electron chi connectivity index (χ1n) is 12.3. The summed E-state index contributed by atoms with van der Waals surface area (Å²) in [6.07, 6.45) is -3.14. The van der Waals surface area contributed by atoms with Crippen molar-refractivity contribution in [2.75, 3.05) is 46.9 Å². The van der Waals surface area contributed by atoms with Crippen LogP contribution in [0, 0.1) is 0 Å². The van der Waals surface area contributed by atoms with Gasteiger partial charge in [0.1, 0.15) is 0 Å². The van der Waals surface area contributed by atoms with Gasteiger partial charge < -0.3 is 14.9 Å². The zero-order chi connectivity index (χ0) is 25.2. The van der Waals surface area contributed by atoms with Crippen LogP contribution in [0.25, 0.3) is 11.1 Å². The first-order valence-corrected chi connectivity index (χ1v) is 12.3. The van der Waals surface area contributed by atoms with E-state index in [-0.39, 0.29) is 37.1 Å². The highest BCUT2D eigenvalue weighted by Crippen LogP contribution is 2.42. The first-order chi connectivity index (χ1) is 16.7. The van der Waals surface area contributed by atoms with Crippen molar-refractivity contribution < 1.29 is 23.1 Å². The van der Waals surface area contributed by atoms with Crippen molar-refractivity contribution in [1.82, 2.24) is 14.7 Å². The molecule has 0 saturated carbocycles. The van der Waals surface area contributed by atoms with E-state index in [4.69, 9.17) is 0 Å². The van der Waals surface area contributed by atoms with Crippen LogP contribution in [0.2, 0.25) is 0 Å². The number of aliphatic hydroxyl groups is 1. The van der Waals surface area contributed by atoms with Crippen molar-refractivity contribution in [3.63, 3.8) is 0 Å². The van der Waals surface area contributed by atoms with E-state index in [1.807, 2.05) is 41.3 Å². The molecule has 3 atom stereocenters. The minimum Gasteiger partial charge on any atom is -0.395 e. The molecule has 2 heterocycles. The molecule has 0 aromatic heterocycles. The van der Waals surface area contributed by atoms with E-state index >= 15 is 0 Å². The normalized spacial score (nSPS) is 23.7. The van der Waals surface area contributed by atoms with Crippen LogP contribution in [0.15, 0.2) is 48.5 Å². The van der Waals surface area contributed by atoms with Gasteiger partial charge in [-0.15, -0.1) is 0 Å². The number of amides is 1. The summed E-state index contributed by atoms with van der Waals surface area (Å²) in [6.45, 7) is 2.20. The third kappa shape index (κ3) is 5.88. The van der Waals surface area contributed by atoms with E-state index in [2.05, 4.69) is 17.0 Å². The fraction of sp³-hybridized carbons (Fsp3) is 0.519. The van der Waals surface area contributed by atoms with Crippen molar-refractivity contribution >= 4 is 5.91 Å². The molecule has 2 aromatic rings. The smallest absolute Gasteiger partial charge is 0.390 e. The summed E-state index contributed by atoms with van der Waals surface area (Å²) in [5.74, 6) is 0.0422. The summed E-state index contributed by atoms with van der Waals surface area (Å²) < 4.78 is 38.5. The maximum Gasteiger partial charge on any atom is 0.390 e. The van der Waals surface area contributed by atoms with Gasteiger partial charge >= 0.3 is 6.18 Å². The second kappa shape index (κ2) is 10.7. The number of hydrogen-bond acceptors (Lipinski definition) is 4. The maximum absolute atomic E-state index is 12.8. The molecular formula is C27H34F3N3O2. The minimum absolute atomic E-state index is 0.00949. The Morgan fingerprint density at radius 2 is 1.60 bits per heavy atom. The molecule has 8 heteroatoms. The number of carbonyl (C=O) groups excluding carboxylic acids is 1. The molecule has 4 rings (SSSR count). The Labute approximate surface area is 205 Å². The van der Waals surface area contributed by atoms with Crippen LogP contribution >= 0.6 is 0 Å². The Morgan fingerprint density at radius 3 is 2.17 bits per heavy atom. The maximum atomic E-state index is 12.8. The molecule has 2 aliphatic heterocycles. The van der Waals surface area contributed by atoms with E-state index in [9.17, 15) is 23.1 Å². The van der Waals surface area contributed by atoms with Crippen molar-refractivity contribution in [3.8, 4) is 11.1 Å². The van der Waals surface area contributed by atoms with Gasteiger partial charge in [-0.2, -0.15) is 13.2 Å². The second-order valence-electron chi connectivity index (χ2n) is 9.85. The van der Waals surface area contributed by atoms with Gasteiger partial charge in [0.05, 0.1) is 13.0 Å². The Bertz CT molecular complexity index is 992. The molecule has 0 spiro atoms. The SMILES string of the molecule is CN(C)C(=O)c1ccc(-c2ccc([C@H]3[C@@H](CO)N4CCCCN(CCC(F)(F)F)C[C@@H]34)cc2)cc1. The van der Waals surface area contributed by atoms with Gasteiger partial charge in [0.25, 0.3) is 5.91 Å². The zero-order valence-electron chi connectivity index (χ0n) is 20.3. The van der Waals surface area contributed by atoms with Crippen molar-refractivity contribution in [3.05, 3.63) is 59.7 Å². The predicted octanol–water partition coefficient (Wildman–Crippen LogP) is 4.23. The number of fused-ring (bicyclic) bond motifs is 1. The van der Waals surface area contributed by atoms with Gasteiger partial charge in [-0.05, 0) is 54.8 Å². The van der Waals surface area contributed by atoms with E-state index in [1.54, 1.807) is 19.0 Å². The number of rotatable bonds is 6. The second-order valence-corrected chi connectivity index (χ2v) is 9.85. The molecule has 35 heavy (non-hydrogen) atoms. The number of benzene rings is 2. The van der Waals surface area contributed by atoms with Crippen LogP contribution in [0.3, 0.4) is 0 Å². The average Bonchev–Trinajstić information content (AvgIpc) is 2.82. The van der Waals surface area contributed by atoms with Gasteiger partial charge in [0, 0.05) is 50.7 Å². The van der Waals surface area contributed by atoms with Gasteiger partial charge in [-0.1, -0.05) is 36.4 Å². The first kappa shape index (κ1) is 25.7. The summed E-state index contributed by atoms with van der Waals surface area (Å²) in [4.78, 5) is 17.9. The molecule has 0 radical (unpaired) electrons. The molecule has 0 aliphatic carbocycles.